The molecule has 2 fully saturated rings. The average Bonchev–Trinajstić information content (AvgIpc) is 2.87. The van der Waals surface area contributed by atoms with Crippen LogP contribution in [0.5, 0.6) is 0 Å². The van der Waals surface area contributed by atoms with Gasteiger partial charge in [-0.1, -0.05) is 0 Å². The van der Waals surface area contributed by atoms with Gasteiger partial charge in [-0.05, 0) is 31.6 Å². The summed E-state index contributed by atoms with van der Waals surface area (Å²) in [5, 5.41) is 18.8. The molecule has 1 heterocycles. The average molecular weight is 185 g/mol. The van der Waals surface area contributed by atoms with E-state index in [1.54, 1.807) is 0 Å². The van der Waals surface area contributed by atoms with Crippen LogP contribution in [-0.4, -0.2) is 39.9 Å². The fourth-order valence-corrected chi connectivity index (χ4v) is 2.11. The highest BCUT2D eigenvalue weighted by Gasteiger charge is 2.45. The molecule has 0 aromatic carbocycles. The maximum Gasteiger partial charge on any atom is 0.407 e. The third-order valence-corrected chi connectivity index (χ3v) is 3.24. The van der Waals surface area contributed by atoms with Crippen molar-refractivity contribution in [2.75, 3.05) is 13.1 Å². The molecule has 1 amide bonds. The minimum absolute atomic E-state index is 0.448. The summed E-state index contributed by atoms with van der Waals surface area (Å²) >= 11 is 0. The van der Waals surface area contributed by atoms with Crippen molar-refractivity contribution in [3.05, 3.63) is 0 Å². The number of hydrogen-bond acceptors (Lipinski definition) is 2. The third kappa shape index (κ3) is 1.63. The van der Waals surface area contributed by atoms with E-state index in [0.717, 1.165) is 12.8 Å². The van der Waals surface area contributed by atoms with E-state index in [1.165, 1.54) is 4.90 Å². The van der Waals surface area contributed by atoms with Gasteiger partial charge in [-0.3, -0.25) is 0 Å². The Hall–Kier alpha value is -0.770. The Morgan fingerprint density at radius 1 is 1.31 bits per heavy atom. The third-order valence-electron chi connectivity index (χ3n) is 3.24. The number of aliphatic hydroxyl groups is 1. The van der Waals surface area contributed by atoms with Gasteiger partial charge in [0.2, 0.25) is 0 Å². The van der Waals surface area contributed by atoms with Crippen LogP contribution in [0, 0.1) is 5.92 Å². The van der Waals surface area contributed by atoms with E-state index < -0.39 is 11.7 Å². The van der Waals surface area contributed by atoms with Crippen molar-refractivity contribution >= 4 is 6.09 Å². The molecule has 74 valence electrons. The minimum Gasteiger partial charge on any atom is -0.465 e. The molecule has 1 saturated carbocycles. The molecule has 13 heavy (non-hydrogen) atoms. The Morgan fingerprint density at radius 3 is 2.23 bits per heavy atom. The predicted octanol–water partition coefficient (Wildman–Crippen LogP) is 0.901. The van der Waals surface area contributed by atoms with E-state index >= 15 is 0 Å². The second kappa shape index (κ2) is 2.87. The zero-order chi connectivity index (χ0) is 9.47. The minimum atomic E-state index is -0.863. The Balaban J connectivity index is 1.91. The first-order chi connectivity index (χ1) is 6.12. The molecule has 1 aliphatic carbocycles. The molecule has 2 aliphatic rings. The number of amides is 1. The molecule has 4 nitrogen and oxygen atoms in total. The van der Waals surface area contributed by atoms with Crippen molar-refractivity contribution in [2.24, 2.45) is 5.92 Å². The van der Waals surface area contributed by atoms with Gasteiger partial charge in [0.25, 0.3) is 0 Å². The van der Waals surface area contributed by atoms with Crippen LogP contribution in [0.15, 0.2) is 0 Å². The lowest BCUT2D eigenvalue weighted by molar-refractivity contribution is -0.0344. The molecule has 0 unspecified atom stereocenters. The zero-order valence-corrected chi connectivity index (χ0v) is 7.57. The summed E-state index contributed by atoms with van der Waals surface area (Å²) in [6.45, 7) is 0.977. The van der Waals surface area contributed by atoms with Gasteiger partial charge in [-0.25, -0.2) is 4.79 Å². The molecule has 0 radical (unpaired) electrons. The van der Waals surface area contributed by atoms with E-state index in [4.69, 9.17) is 5.11 Å². The maximum absolute atomic E-state index is 10.6. The van der Waals surface area contributed by atoms with Crippen LogP contribution >= 0.6 is 0 Å². The number of likely N-dealkylation sites (tertiary alicyclic amines) is 1. The normalized spacial score (nSPS) is 27.3. The van der Waals surface area contributed by atoms with E-state index in [9.17, 15) is 9.90 Å². The van der Waals surface area contributed by atoms with Crippen molar-refractivity contribution in [3.8, 4) is 0 Å². The molecule has 0 spiro atoms. The van der Waals surface area contributed by atoms with Crippen LogP contribution in [0.4, 0.5) is 4.79 Å². The van der Waals surface area contributed by atoms with Gasteiger partial charge >= 0.3 is 6.09 Å². The number of rotatable bonds is 1. The van der Waals surface area contributed by atoms with Crippen LogP contribution in [0.2, 0.25) is 0 Å². The van der Waals surface area contributed by atoms with Crippen molar-refractivity contribution in [1.82, 2.24) is 4.90 Å². The maximum atomic E-state index is 10.6. The first-order valence-corrected chi connectivity index (χ1v) is 4.82. The van der Waals surface area contributed by atoms with Gasteiger partial charge < -0.3 is 15.1 Å². The van der Waals surface area contributed by atoms with Crippen molar-refractivity contribution in [3.63, 3.8) is 0 Å². The summed E-state index contributed by atoms with van der Waals surface area (Å²) in [6.07, 6.45) is 2.60. The summed E-state index contributed by atoms with van der Waals surface area (Å²) in [4.78, 5) is 12.0. The lowest BCUT2D eigenvalue weighted by Crippen LogP contribution is -2.47. The SMILES string of the molecule is O=C(O)N1CCC(O)(C2CC2)CC1. The predicted molar refractivity (Wildman–Crippen MR) is 46.5 cm³/mol. The van der Waals surface area contributed by atoms with E-state index in [2.05, 4.69) is 0 Å². The first kappa shape index (κ1) is 8.81. The van der Waals surface area contributed by atoms with Crippen LogP contribution in [0.25, 0.3) is 0 Å². The van der Waals surface area contributed by atoms with Crippen LogP contribution in [0.1, 0.15) is 25.7 Å². The summed E-state index contributed by atoms with van der Waals surface area (Å²) in [5.41, 5.74) is -0.550. The quantitative estimate of drug-likeness (QED) is 0.638. The largest absolute Gasteiger partial charge is 0.465 e. The zero-order valence-electron chi connectivity index (χ0n) is 7.57. The highest BCUT2D eigenvalue weighted by Crippen LogP contribution is 2.44. The van der Waals surface area contributed by atoms with Crippen molar-refractivity contribution in [2.45, 2.75) is 31.3 Å². The van der Waals surface area contributed by atoms with Crippen molar-refractivity contribution < 1.29 is 15.0 Å². The van der Waals surface area contributed by atoms with Crippen LogP contribution < -0.4 is 0 Å². The summed E-state index contributed by atoms with van der Waals surface area (Å²) < 4.78 is 0. The topological polar surface area (TPSA) is 60.8 Å². The molecule has 2 N–H and O–H groups in total. The number of piperidine rings is 1. The summed E-state index contributed by atoms with van der Waals surface area (Å²) in [6, 6.07) is 0. The molecule has 0 bridgehead atoms. The van der Waals surface area contributed by atoms with E-state index in [0.29, 0.717) is 31.8 Å². The van der Waals surface area contributed by atoms with Crippen LogP contribution in [0.3, 0.4) is 0 Å². The molecule has 4 heteroatoms. The smallest absolute Gasteiger partial charge is 0.407 e. The molecule has 1 aliphatic heterocycles. The highest BCUT2D eigenvalue weighted by atomic mass is 16.4. The number of nitrogens with zero attached hydrogens (tertiary/aromatic N) is 1. The molecule has 2 rings (SSSR count). The second-order valence-corrected chi connectivity index (χ2v) is 4.15. The number of hydrogen-bond donors (Lipinski definition) is 2. The second-order valence-electron chi connectivity index (χ2n) is 4.15. The fraction of sp³-hybridized carbons (Fsp3) is 0.889. The summed E-state index contributed by atoms with van der Waals surface area (Å²) in [7, 11) is 0. The Labute approximate surface area is 77.2 Å². The van der Waals surface area contributed by atoms with E-state index in [-0.39, 0.29) is 0 Å². The molecule has 0 aromatic heterocycles. The first-order valence-electron chi connectivity index (χ1n) is 4.82. The molecule has 0 aromatic rings. The van der Waals surface area contributed by atoms with Gasteiger partial charge in [0.05, 0.1) is 5.60 Å². The van der Waals surface area contributed by atoms with Gasteiger partial charge in [0.1, 0.15) is 0 Å². The highest BCUT2D eigenvalue weighted by molar-refractivity contribution is 5.65. The van der Waals surface area contributed by atoms with Crippen molar-refractivity contribution in [1.29, 1.82) is 0 Å². The Kier molecular flexibility index (Phi) is 1.95. The summed E-state index contributed by atoms with van der Waals surface area (Å²) in [5.74, 6) is 0.448. The van der Waals surface area contributed by atoms with E-state index in [1.807, 2.05) is 0 Å². The lowest BCUT2D eigenvalue weighted by Gasteiger charge is -2.37. The number of carboxylic acid groups (broad SMARTS) is 1. The standard InChI is InChI=1S/C9H15NO3/c11-8(12)10-5-3-9(13,4-6-10)7-1-2-7/h7,13H,1-6H2,(H,11,12). The monoisotopic (exact) mass is 185 g/mol. The van der Waals surface area contributed by atoms with Gasteiger partial charge in [0, 0.05) is 13.1 Å². The van der Waals surface area contributed by atoms with Gasteiger partial charge in [0.15, 0.2) is 0 Å². The molecule has 0 atom stereocenters. The Morgan fingerprint density at radius 2 is 1.85 bits per heavy atom. The molecular formula is C9H15NO3. The molecular weight excluding hydrogens is 170 g/mol. The lowest BCUT2D eigenvalue weighted by atomic mass is 9.87. The fourth-order valence-electron chi connectivity index (χ4n) is 2.11. The van der Waals surface area contributed by atoms with Gasteiger partial charge in [-0.15, -0.1) is 0 Å². The molecule has 1 saturated heterocycles. The van der Waals surface area contributed by atoms with Gasteiger partial charge in [-0.2, -0.15) is 0 Å². The van der Waals surface area contributed by atoms with Crippen LogP contribution in [-0.2, 0) is 0 Å². The Bertz CT molecular complexity index is 217. The number of carbonyl (C=O) groups is 1.